The molecule has 8 rings (SSSR count). The first-order valence-electron chi connectivity index (χ1n) is 33.2. The van der Waals surface area contributed by atoms with E-state index in [2.05, 4.69) is 152 Å². The lowest BCUT2D eigenvalue weighted by Gasteiger charge is -2.45. The molecule has 8 aromatic carbocycles. The summed E-state index contributed by atoms with van der Waals surface area (Å²) in [5.74, 6) is 2.89. The van der Waals surface area contributed by atoms with Crippen LogP contribution in [-0.2, 0) is 55.1 Å². The van der Waals surface area contributed by atoms with Crippen LogP contribution in [0, 0.1) is 0 Å². The first-order chi connectivity index (χ1) is 45.9. The molecule has 0 bridgehead atoms. The number of sulfonamides is 2. The summed E-state index contributed by atoms with van der Waals surface area (Å²) >= 11 is 0. The highest BCUT2D eigenvalue weighted by Crippen LogP contribution is 2.41. The van der Waals surface area contributed by atoms with Crippen molar-refractivity contribution in [1.29, 1.82) is 0 Å². The van der Waals surface area contributed by atoms with Crippen molar-refractivity contribution in [3.05, 3.63) is 266 Å². The van der Waals surface area contributed by atoms with Gasteiger partial charge in [-0.2, -0.15) is 8.61 Å². The lowest BCUT2D eigenvalue weighted by molar-refractivity contribution is 0.191. The van der Waals surface area contributed by atoms with Gasteiger partial charge >= 0.3 is 0 Å². The first kappa shape index (κ1) is 78.6. The highest BCUT2D eigenvalue weighted by molar-refractivity contribution is 7.90. The second kappa shape index (κ2) is 36.4. The van der Waals surface area contributed by atoms with Crippen LogP contribution < -0.4 is 39.7 Å². The minimum Gasteiger partial charge on any atom is -0.497 e. The van der Waals surface area contributed by atoms with Crippen LogP contribution in [0.2, 0.25) is 10.1 Å². The van der Waals surface area contributed by atoms with Gasteiger partial charge in [0.15, 0.2) is 0 Å². The Morgan fingerprint density at radius 1 is 0.381 bits per heavy atom. The molecular formula is C81H106N2O10S2Si2. The molecular weight excluding hydrogens is 1280 g/mol. The van der Waals surface area contributed by atoms with Crippen molar-refractivity contribution in [1.82, 2.24) is 8.61 Å². The van der Waals surface area contributed by atoms with Gasteiger partial charge in [-0.3, -0.25) is 0 Å². The monoisotopic (exact) mass is 1390 g/mol. The fraction of sp³-hybridized carbons (Fsp3) is 0.358. The minimum absolute atomic E-state index is 0. The molecule has 0 heterocycles. The molecule has 0 unspecified atom stereocenters. The molecule has 16 heteroatoms. The zero-order chi connectivity index (χ0) is 69.6. The van der Waals surface area contributed by atoms with E-state index in [1.165, 1.54) is 20.7 Å². The predicted molar refractivity (Wildman–Crippen MR) is 407 cm³/mol. The Kier molecular flexibility index (Phi) is 29.5. The maximum Gasteiger partial charge on any atom is 0.261 e. The Labute approximate surface area is 584 Å². The Balaban J connectivity index is 0.000000303. The number of methoxy groups -OCH3 is 4. The molecule has 520 valence electrons. The van der Waals surface area contributed by atoms with Gasteiger partial charge in [0.25, 0.3) is 16.6 Å². The standard InChI is InChI=1S/2C40H51NO5SSi.CH4/c2*1-8-9-16-37(29-32(2)46-48(40(3,4)5,38-17-12-10-13-18-38)39-19-14-11-15-20-39)47(42,43)41(30-33-21-25-35(44-6)26-22-33)31-34-23-27-36(45-7)28-24-34;/h2*8,10-15,17-28,32,37H,1,9,16,29-31H2,2-7H3;1H4/t32-,37+;32-,37-;/m11./s1. The van der Waals surface area contributed by atoms with Crippen molar-refractivity contribution < 1.29 is 44.6 Å². The third-order valence-electron chi connectivity index (χ3n) is 17.8. The number of benzene rings is 8. The summed E-state index contributed by atoms with van der Waals surface area (Å²) in [6.45, 7) is 26.3. The largest absolute Gasteiger partial charge is 0.497 e. The molecule has 0 N–H and O–H groups in total. The molecule has 0 saturated carbocycles. The smallest absolute Gasteiger partial charge is 0.261 e. The summed E-state index contributed by atoms with van der Waals surface area (Å²) in [6.07, 6.45) is 5.66. The van der Waals surface area contributed by atoms with Crippen LogP contribution in [0.25, 0.3) is 0 Å². The lowest BCUT2D eigenvalue weighted by Crippen LogP contribution is -2.67. The van der Waals surface area contributed by atoms with E-state index in [0.29, 0.717) is 38.5 Å². The van der Waals surface area contributed by atoms with E-state index in [1.54, 1.807) is 49.2 Å². The maximum atomic E-state index is 14.8. The zero-order valence-electron chi connectivity index (χ0n) is 58.5. The van der Waals surface area contributed by atoms with Gasteiger partial charge in [-0.1, -0.05) is 231 Å². The maximum absolute atomic E-state index is 14.8. The fourth-order valence-corrected chi connectivity index (χ4v) is 26.3. The fourth-order valence-electron chi connectivity index (χ4n) is 12.8. The molecule has 8 aromatic rings. The molecule has 0 aliphatic carbocycles. The summed E-state index contributed by atoms with van der Waals surface area (Å²) in [5.41, 5.74) is 3.53. The first-order valence-corrected chi connectivity index (χ1v) is 40.0. The van der Waals surface area contributed by atoms with Crippen LogP contribution in [0.3, 0.4) is 0 Å². The van der Waals surface area contributed by atoms with Gasteiger partial charge in [-0.15, -0.1) is 13.2 Å². The van der Waals surface area contributed by atoms with Gasteiger partial charge < -0.3 is 27.8 Å². The van der Waals surface area contributed by atoms with Crippen LogP contribution in [0.5, 0.6) is 23.0 Å². The van der Waals surface area contributed by atoms with E-state index in [0.717, 1.165) is 45.3 Å². The summed E-state index contributed by atoms with van der Waals surface area (Å²) in [6, 6.07) is 72.2. The number of nitrogens with zero attached hydrogens (tertiary/aromatic N) is 2. The molecule has 4 atom stereocenters. The van der Waals surface area contributed by atoms with Crippen molar-refractivity contribution in [2.75, 3.05) is 28.4 Å². The van der Waals surface area contributed by atoms with E-state index >= 15 is 0 Å². The van der Waals surface area contributed by atoms with E-state index in [4.69, 9.17) is 27.8 Å². The van der Waals surface area contributed by atoms with E-state index in [1.807, 2.05) is 135 Å². The predicted octanol–water partition coefficient (Wildman–Crippen LogP) is 16.1. The molecule has 0 fully saturated rings. The van der Waals surface area contributed by atoms with E-state index < -0.39 is 47.2 Å². The van der Waals surface area contributed by atoms with Crippen molar-refractivity contribution >= 4 is 57.4 Å². The SMILES string of the molecule is C.C=CCC[C@@H](C[C@@H](C)O[Si](c1ccccc1)(c1ccccc1)C(C)(C)C)S(=O)(=O)N(Cc1ccc(OC)cc1)Cc1ccc(OC)cc1.C=CCC[C@H](C[C@@H](C)O[Si](c1ccccc1)(c1ccccc1)C(C)(C)C)S(=O)(=O)N(Cc1ccc(OC)cc1)Cc1ccc(OC)cc1. The third kappa shape index (κ3) is 20.4. The molecule has 0 aromatic heterocycles. The molecule has 0 aliphatic heterocycles. The number of hydrogen-bond donors (Lipinski definition) is 0. The van der Waals surface area contributed by atoms with E-state index in [-0.39, 0.29) is 55.9 Å². The van der Waals surface area contributed by atoms with Crippen LogP contribution in [0.15, 0.2) is 244 Å². The molecule has 97 heavy (non-hydrogen) atoms. The third-order valence-corrected chi connectivity index (χ3v) is 32.6. The molecule has 0 amide bonds. The van der Waals surface area contributed by atoms with Gasteiger partial charge in [0, 0.05) is 38.4 Å². The zero-order valence-corrected chi connectivity index (χ0v) is 62.2. The van der Waals surface area contributed by atoms with Crippen LogP contribution in [0.4, 0.5) is 0 Å². The van der Waals surface area contributed by atoms with Crippen molar-refractivity contribution in [3.8, 4) is 23.0 Å². The Morgan fingerprint density at radius 2 is 0.598 bits per heavy atom. The highest BCUT2D eigenvalue weighted by Gasteiger charge is 2.53. The normalized spacial score (nSPS) is 13.4. The van der Waals surface area contributed by atoms with Gasteiger partial charge in [0.05, 0.1) is 38.9 Å². The summed E-state index contributed by atoms with van der Waals surface area (Å²) in [4.78, 5) is 0. The van der Waals surface area contributed by atoms with Crippen molar-refractivity contribution in [2.45, 2.75) is 160 Å². The van der Waals surface area contributed by atoms with Crippen molar-refractivity contribution in [2.24, 2.45) is 0 Å². The number of allylic oxidation sites excluding steroid dienone is 2. The average Bonchev–Trinajstić information content (AvgIpc) is 0.752. The van der Waals surface area contributed by atoms with Gasteiger partial charge in [-0.05, 0) is 154 Å². The number of rotatable bonds is 34. The number of hydrogen-bond acceptors (Lipinski definition) is 10. The van der Waals surface area contributed by atoms with E-state index in [9.17, 15) is 16.8 Å². The molecule has 12 nitrogen and oxygen atoms in total. The molecule has 0 radical (unpaired) electrons. The Morgan fingerprint density at radius 3 is 0.784 bits per heavy atom. The van der Waals surface area contributed by atoms with Gasteiger partial charge in [0.2, 0.25) is 20.0 Å². The van der Waals surface area contributed by atoms with Crippen LogP contribution in [0.1, 0.15) is 124 Å². The summed E-state index contributed by atoms with van der Waals surface area (Å²) < 4.78 is 98.6. The Hall–Kier alpha value is -7.39. The number of ether oxygens (including phenoxy) is 4. The molecule has 0 aliphatic rings. The minimum atomic E-state index is -3.82. The average molecular weight is 1390 g/mol. The van der Waals surface area contributed by atoms with Crippen LogP contribution >= 0.6 is 0 Å². The summed E-state index contributed by atoms with van der Waals surface area (Å²) in [5, 5.41) is 2.86. The topological polar surface area (TPSA) is 130 Å². The highest BCUT2D eigenvalue weighted by atomic mass is 32.2. The van der Waals surface area contributed by atoms with Crippen molar-refractivity contribution in [3.63, 3.8) is 0 Å². The second-order valence-corrected chi connectivity index (χ2v) is 39.6. The molecule has 0 saturated heterocycles. The van der Waals surface area contributed by atoms with Gasteiger partial charge in [-0.25, -0.2) is 16.8 Å². The molecule has 0 spiro atoms. The lowest BCUT2D eigenvalue weighted by atomic mass is 10.1. The Bertz CT molecular complexity index is 3420. The summed E-state index contributed by atoms with van der Waals surface area (Å²) in [7, 11) is -6.94. The van der Waals surface area contributed by atoms with Crippen LogP contribution in [-0.4, -0.2) is 93.2 Å². The van der Waals surface area contributed by atoms with Gasteiger partial charge in [0.1, 0.15) is 23.0 Å². The second-order valence-electron chi connectivity index (χ2n) is 26.6. The quantitative estimate of drug-likeness (QED) is 0.0284.